The van der Waals surface area contributed by atoms with Gasteiger partial charge in [-0.05, 0) is 35.0 Å². The van der Waals surface area contributed by atoms with Gasteiger partial charge >= 0.3 is 11.9 Å². The highest BCUT2D eigenvalue weighted by Crippen LogP contribution is 2.25. The number of carboxylic acid groups (broad SMARTS) is 1. The van der Waals surface area contributed by atoms with Crippen LogP contribution in [0.1, 0.15) is 0 Å². The summed E-state index contributed by atoms with van der Waals surface area (Å²) in [5, 5.41) is 10.3. The lowest BCUT2D eigenvalue weighted by molar-refractivity contribution is -0.133. The summed E-state index contributed by atoms with van der Waals surface area (Å²) in [5.74, 6) is -0.949. The first-order valence-corrected chi connectivity index (χ1v) is 6.49. The molecule has 0 aromatic heterocycles. The molecule has 2 aromatic carbocycles. The van der Waals surface area contributed by atoms with Gasteiger partial charge in [-0.2, -0.15) is 0 Å². The smallest absolute Gasteiger partial charge is 0.336 e. The molecule has 0 bridgehead atoms. The Morgan fingerprint density at radius 3 is 2.41 bits per heavy atom. The van der Waals surface area contributed by atoms with Crippen molar-refractivity contribution >= 4 is 22.7 Å². The number of ether oxygens (including phenoxy) is 2. The van der Waals surface area contributed by atoms with Crippen LogP contribution in [0.15, 0.2) is 61.2 Å². The lowest BCUT2D eigenvalue weighted by atomic mass is 10.1. The van der Waals surface area contributed by atoms with Crippen molar-refractivity contribution < 1.29 is 24.2 Å². The standard InChI is InChI=1S/C17H14O5/c1-2-9-21-14-5-3-12-4-6-15(11-13(12)10-14)22-17(20)8-7-16(18)19/h2-8,10-11H,1,9H2,(H,18,19)/b8-7-. The average Bonchev–Trinajstić information content (AvgIpc) is 2.50. The van der Waals surface area contributed by atoms with E-state index in [1.165, 1.54) is 0 Å². The van der Waals surface area contributed by atoms with Crippen molar-refractivity contribution in [3.8, 4) is 11.5 Å². The summed E-state index contributed by atoms with van der Waals surface area (Å²) in [6.07, 6.45) is 3.23. The number of aliphatic carboxylic acids is 1. The zero-order valence-electron chi connectivity index (χ0n) is 11.7. The van der Waals surface area contributed by atoms with Crippen LogP contribution in [0.4, 0.5) is 0 Å². The van der Waals surface area contributed by atoms with E-state index in [9.17, 15) is 9.59 Å². The van der Waals surface area contributed by atoms with E-state index in [-0.39, 0.29) is 0 Å². The number of benzene rings is 2. The van der Waals surface area contributed by atoms with Crippen molar-refractivity contribution in [3.63, 3.8) is 0 Å². The Morgan fingerprint density at radius 2 is 1.73 bits per heavy atom. The summed E-state index contributed by atoms with van der Waals surface area (Å²) in [6.45, 7) is 3.99. The van der Waals surface area contributed by atoms with Crippen LogP contribution in [-0.4, -0.2) is 23.7 Å². The first-order chi connectivity index (χ1) is 10.6. The molecule has 2 aromatic rings. The normalized spacial score (nSPS) is 10.5. The fourth-order valence-electron chi connectivity index (χ4n) is 1.80. The van der Waals surface area contributed by atoms with Crippen molar-refractivity contribution in [2.75, 3.05) is 6.61 Å². The summed E-state index contributed by atoms with van der Waals surface area (Å²) >= 11 is 0. The van der Waals surface area contributed by atoms with Gasteiger partial charge in [0, 0.05) is 12.2 Å². The molecule has 0 heterocycles. The first kappa shape index (κ1) is 15.3. The summed E-state index contributed by atoms with van der Waals surface area (Å²) < 4.78 is 10.5. The molecule has 2 rings (SSSR count). The van der Waals surface area contributed by atoms with Crippen LogP contribution in [0.25, 0.3) is 10.8 Å². The fraction of sp³-hybridized carbons (Fsp3) is 0.0588. The zero-order chi connectivity index (χ0) is 15.9. The monoisotopic (exact) mass is 298 g/mol. The molecule has 0 radical (unpaired) electrons. The predicted octanol–water partition coefficient (Wildman–Crippen LogP) is 2.95. The second kappa shape index (κ2) is 7.08. The third-order valence-corrected chi connectivity index (χ3v) is 2.73. The van der Waals surface area contributed by atoms with Gasteiger partial charge in [-0.25, -0.2) is 9.59 Å². The summed E-state index contributed by atoms with van der Waals surface area (Å²) in [5.41, 5.74) is 0. The molecule has 1 N–H and O–H groups in total. The van der Waals surface area contributed by atoms with E-state index in [0.29, 0.717) is 18.1 Å². The topological polar surface area (TPSA) is 72.8 Å². The Hall–Kier alpha value is -3.08. The number of hydrogen-bond acceptors (Lipinski definition) is 4. The number of esters is 1. The van der Waals surface area contributed by atoms with Crippen molar-refractivity contribution in [2.45, 2.75) is 0 Å². The van der Waals surface area contributed by atoms with E-state index in [2.05, 4.69) is 6.58 Å². The molecule has 0 atom stereocenters. The van der Waals surface area contributed by atoms with Crippen LogP contribution in [-0.2, 0) is 9.59 Å². The number of carbonyl (C=O) groups excluding carboxylic acids is 1. The zero-order valence-corrected chi connectivity index (χ0v) is 11.7. The predicted molar refractivity (Wildman–Crippen MR) is 82.1 cm³/mol. The molecular formula is C17H14O5. The molecule has 0 aliphatic heterocycles. The maximum atomic E-state index is 11.5. The number of carboxylic acids is 1. The highest BCUT2D eigenvalue weighted by molar-refractivity contribution is 5.92. The molecule has 0 aliphatic rings. The van der Waals surface area contributed by atoms with Crippen LogP contribution < -0.4 is 9.47 Å². The van der Waals surface area contributed by atoms with Gasteiger partial charge < -0.3 is 14.6 Å². The van der Waals surface area contributed by atoms with E-state index >= 15 is 0 Å². The molecule has 0 saturated heterocycles. The van der Waals surface area contributed by atoms with Crippen LogP contribution in [0.5, 0.6) is 11.5 Å². The molecule has 22 heavy (non-hydrogen) atoms. The molecule has 0 unspecified atom stereocenters. The molecule has 5 heteroatoms. The van der Waals surface area contributed by atoms with Crippen molar-refractivity contribution in [2.24, 2.45) is 0 Å². The van der Waals surface area contributed by atoms with E-state index in [0.717, 1.165) is 22.9 Å². The lowest BCUT2D eigenvalue weighted by Crippen LogP contribution is -2.04. The van der Waals surface area contributed by atoms with Crippen LogP contribution in [0, 0.1) is 0 Å². The first-order valence-electron chi connectivity index (χ1n) is 6.49. The highest BCUT2D eigenvalue weighted by Gasteiger charge is 2.04. The van der Waals surface area contributed by atoms with Crippen LogP contribution >= 0.6 is 0 Å². The Morgan fingerprint density at radius 1 is 1.05 bits per heavy atom. The maximum absolute atomic E-state index is 11.5. The SMILES string of the molecule is C=CCOc1ccc2ccc(OC(=O)/C=C\C(=O)O)cc2c1. The van der Waals surface area contributed by atoms with Gasteiger partial charge in [-0.1, -0.05) is 24.8 Å². The molecule has 0 amide bonds. The molecule has 0 aliphatic carbocycles. The number of fused-ring (bicyclic) bond motifs is 1. The number of carbonyl (C=O) groups is 2. The van der Waals surface area contributed by atoms with E-state index in [1.54, 1.807) is 24.3 Å². The van der Waals surface area contributed by atoms with Gasteiger partial charge in [0.25, 0.3) is 0 Å². The largest absolute Gasteiger partial charge is 0.490 e. The maximum Gasteiger partial charge on any atom is 0.336 e. The molecule has 0 fully saturated rings. The Labute approximate surface area is 127 Å². The Balaban J connectivity index is 2.19. The third kappa shape index (κ3) is 4.21. The average molecular weight is 298 g/mol. The second-order valence-corrected chi connectivity index (χ2v) is 4.36. The van der Waals surface area contributed by atoms with Gasteiger partial charge in [0.2, 0.25) is 0 Å². The van der Waals surface area contributed by atoms with Crippen LogP contribution in [0.2, 0.25) is 0 Å². The van der Waals surface area contributed by atoms with Gasteiger partial charge in [0.05, 0.1) is 0 Å². The van der Waals surface area contributed by atoms with Gasteiger partial charge in [0.15, 0.2) is 0 Å². The minimum atomic E-state index is -1.21. The molecular weight excluding hydrogens is 284 g/mol. The number of rotatable bonds is 6. The van der Waals surface area contributed by atoms with E-state index < -0.39 is 11.9 Å². The third-order valence-electron chi connectivity index (χ3n) is 2.73. The van der Waals surface area contributed by atoms with Crippen molar-refractivity contribution in [1.29, 1.82) is 0 Å². The summed E-state index contributed by atoms with van der Waals surface area (Å²) in [6, 6.07) is 10.7. The van der Waals surface area contributed by atoms with Crippen molar-refractivity contribution in [3.05, 3.63) is 61.2 Å². The Bertz CT molecular complexity index is 746. The molecule has 5 nitrogen and oxygen atoms in total. The minimum Gasteiger partial charge on any atom is -0.490 e. The van der Waals surface area contributed by atoms with Gasteiger partial charge in [0.1, 0.15) is 18.1 Å². The van der Waals surface area contributed by atoms with Gasteiger partial charge in [-0.3, -0.25) is 0 Å². The molecule has 0 spiro atoms. The van der Waals surface area contributed by atoms with Gasteiger partial charge in [-0.15, -0.1) is 0 Å². The van der Waals surface area contributed by atoms with E-state index in [4.69, 9.17) is 14.6 Å². The second-order valence-electron chi connectivity index (χ2n) is 4.36. The minimum absolute atomic E-state index is 0.327. The fourth-order valence-corrected chi connectivity index (χ4v) is 1.80. The summed E-state index contributed by atoms with van der Waals surface area (Å²) in [4.78, 5) is 21.8. The summed E-state index contributed by atoms with van der Waals surface area (Å²) in [7, 11) is 0. The number of hydrogen-bond donors (Lipinski definition) is 1. The molecule has 0 saturated carbocycles. The van der Waals surface area contributed by atoms with E-state index in [1.807, 2.05) is 18.2 Å². The Kier molecular flexibility index (Phi) is 4.93. The van der Waals surface area contributed by atoms with Crippen molar-refractivity contribution in [1.82, 2.24) is 0 Å². The highest BCUT2D eigenvalue weighted by atomic mass is 16.5. The molecule has 112 valence electrons. The van der Waals surface area contributed by atoms with Crippen LogP contribution in [0.3, 0.4) is 0 Å². The quantitative estimate of drug-likeness (QED) is 0.384. The lowest BCUT2D eigenvalue weighted by Gasteiger charge is -2.07.